The molecule has 0 aliphatic carbocycles. The first-order valence-corrected chi connectivity index (χ1v) is 6.76. The van der Waals surface area contributed by atoms with Crippen molar-refractivity contribution in [1.29, 1.82) is 0 Å². The molecule has 1 heterocycles. The Morgan fingerprint density at radius 2 is 2.28 bits per heavy atom. The van der Waals surface area contributed by atoms with Crippen molar-refractivity contribution in [2.75, 3.05) is 6.54 Å². The van der Waals surface area contributed by atoms with E-state index in [1.165, 1.54) is 12.1 Å². The van der Waals surface area contributed by atoms with E-state index in [9.17, 15) is 9.18 Å². The molecule has 1 atom stereocenters. The van der Waals surface area contributed by atoms with Gasteiger partial charge in [0, 0.05) is 11.0 Å². The Labute approximate surface area is 118 Å². The smallest absolute Gasteiger partial charge is 0.257 e. The molecule has 0 aromatic heterocycles. The molecule has 1 aliphatic heterocycles. The van der Waals surface area contributed by atoms with Crippen LogP contribution >= 0.6 is 28.1 Å². The summed E-state index contributed by atoms with van der Waals surface area (Å²) in [6, 6.07) is 4.04. The van der Waals surface area contributed by atoms with Gasteiger partial charge < -0.3 is 10.6 Å². The molecule has 1 aromatic carbocycles. The van der Waals surface area contributed by atoms with Crippen LogP contribution in [0.1, 0.15) is 23.2 Å². The average Bonchev–Trinajstić information content (AvgIpc) is 2.80. The summed E-state index contributed by atoms with van der Waals surface area (Å²) in [5.41, 5.74) is 5.66. The second-order valence-corrected chi connectivity index (χ2v) is 5.57. The second-order valence-electron chi connectivity index (χ2n) is 4.18. The quantitative estimate of drug-likeness (QED) is 0.847. The van der Waals surface area contributed by atoms with Crippen LogP contribution < -0.4 is 5.73 Å². The molecular weight excluding hydrogens is 319 g/mol. The Hall–Kier alpha value is -1.01. The van der Waals surface area contributed by atoms with Gasteiger partial charge in [0.2, 0.25) is 0 Å². The van der Waals surface area contributed by atoms with Gasteiger partial charge >= 0.3 is 0 Å². The molecule has 6 heteroatoms. The van der Waals surface area contributed by atoms with E-state index in [1.807, 2.05) is 0 Å². The number of hydrogen-bond donors (Lipinski definition) is 1. The highest BCUT2D eigenvalue weighted by molar-refractivity contribution is 9.10. The zero-order chi connectivity index (χ0) is 13.3. The summed E-state index contributed by atoms with van der Waals surface area (Å²) < 4.78 is 14.3. The molecule has 96 valence electrons. The van der Waals surface area contributed by atoms with Crippen molar-refractivity contribution in [1.82, 2.24) is 4.90 Å². The van der Waals surface area contributed by atoms with Gasteiger partial charge in [0.25, 0.3) is 5.91 Å². The first-order chi connectivity index (χ1) is 8.50. The maximum Gasteiger partial charge on any atom is 0.257 e. The predicted octanol–water partition coefficient (Wildman–Crippen LogP) is 2.48. The van der Waals surface area contributed by atoms with Crippen molar-refractivity contribution in [2.24, 2.45) is 5.73 Å². The fraction of sp³-hybridized carbons (Fsp3) is 0.333. The van der Waals surface area contributed by atoms with Gasteiger partial charge in [-0.25, -0.2) is 4.39 Å². The highest BCUT2D eigenvalue weighted by Crippen LogP contribution is 2.23. The first-order valence-electron chi connectivity index (χ1n) is 5.56. The third kappa shape index (κ3) is 2.54. The van der Waals surface area contributed by atoms with E-state index in [4.69, 9.17) is 18.0 Å². The van der Waals surface area contributed by atoms with Gasteiger partial charge in [-0.15, -0.1) is 0 Å². The van der Waals surface area contributed by atoms with Gasteiger partial charge in [-0.3, -0.25) is 4.79 Å². The molecule has 1 unspecified atom stereocenters. The van der Waals surface area contributed by atoms with E-state index < -0.39 is 5.82 Å². The van der Waals surface area contributed by atoms with Crippen LogP contribution in [0.25, 0.3) is 0 Å². The summed E-state index contributed by atoms with van der Waals surface area (Å²) in [7, 11) is 0. The number of thiocarbonyl (C=S) groups is 1. The number of nitrogens with two attached hydrogens (primary N) is 1. The van der Waals surface area contributed by atoms with Crippen LogP contribution in [0, 0.1) is 5.82 Å². The van der Waals surface area contributed by atoms with E-state index in [0.29, 0.717) is 11.0 Å². The molecule has 18 heavy (non-hydrogen) atoms. The lowest BCUT2D eigenvalue weighted by molar-refractivity contribution is 0.0765. The summed E-state index contributed by atoms with van der Waals surface area (Å²) in [5.74, 6) is -0.888. The number of carbonyl (C=O) groups excluding carboxylic acids is 1. The summed E-state index contributed by atoms with van der Waals surface area (Å²) in [4.78, 5) is 14.1. The lowest BCUT2D eigenvalue weighted by Gasteiger charge is -2.24. The van der Waals surface area contributed by atoms with Gasteiger partial charge in [0.15, 0.2) is 0 Å². The SMILES string of the molecule is NC(=S)C1CCCN1C(=O)c1cc(Br)ccc1F. The fourth-order valence-corrected chi connectivity index (χ4v) is 2.73. The van der Waals surface area contributed by atoms with Crippen LogP contribution in [0.4, 0.5) is 4.39 Å². The van der Waals surface area contributed by atoms with Gasteiger partial charge in [0.05, 0.1) is 16.6 Å². The van der Waals surface area contributed by atoms with Crippen molar-refractivity contribution < 1.29 is 9.18 Å². The highest BCUT2D eigenvalue weighted by atomic mass is 79.9. The van der Waals surface area contributed by atoms with Gasteiger partial charge in [0.1, 0.15) is 5.82 Å². The number of carbonyl (C=O) groups is 1. The minimum atomic E-state index is -0.531. The van der Waals surface area contributed by atoms with Crippen LogP contribution in [0.15, 0.2) is 22.7 Å². The number of likely N-dealkylation sites (tertiary alicyclic amines) is 1. The van der Waals surface area contributed by atoms with Crippen LogP contribution in [0.2, 0.25) is 0 Å². The molecule has 0 bridgehead atoms. The van der Waals surface area contributed by atoms with E-state index in [1.54, 1.807) is 11.0 Å². The molecule has 0 radical (unpaired) electrons. The maximum atomic E-state index is 13.7. The molecule has 1 aromatic rings. The number of amides is 1. The van der Waals surface area contributed by atoms with E-state index in [0.717, 1.165) is 12.8 Å². The van der Waals surface area contributed by atoms with Crippen LogP contribution in [0.3, 0.4) is 0 Å². The summed E-state index contributed by atoms with van der Waals surface area (Å²) in [5, 5.41) is 0. The maximum absolute atomic E-state index is 13.7. The molecule has 2 rings (SSSR count). The van der Waals surface area contributed by atoms with Crippen molar-refractivity contribution >= 4 is 39.0 Å². The van der Waals surface area contributed by atoms with Gasteiger partial charge in [-0.1, -0.05) is 28.1 Å². The van der Waals surface area contributed by atoms with Crippen molar-refractivity contribution in [3.05, 3.63) is 34.1 Å². The van der Waals surface area contributed by atoms with Gasteiger partial charge in [-0.2, -0.15) is 0 Å². The standard InChI is InChI=1S/C12H12BrFN2OS/c13-7-3-4-9(14)8(6-7)12(17)16-5-1-2-10(16)11(15)18/h3-4,6,10H,1-2,5H2,(H2,15,18). The van der Waals surface area contributed by atoms with Crippen LogP contribution in [-0.4, -0.2) is 28.4 Å². The van der Waals surface area contributed by atoms with Crippen molar-refractivity contribution in [2.45, 2.75) is 18.9 Å². The Kier molecular flexibility index (Phi) is 3.97. The number of rotatable bonds is 2. The third-order valence-electron chi connectivity index (χ3n) is 3.00. The van der Waals surface area contributed by atoms with Gasteiger partial charge in [-0.05, 0) is 31.0 Å². The summed E-state index contributed by atoms with van der Waals surface area (Å²) in [6.45, 7) is 0.562. The lowest BCUT2D eigenvalue weighted by Crippen LogP contribution is -2.43. The van der Waals surface area contributed by atoms with E-state index in [2.05, 4.69) is 15.9 Å². The van der Waals surface area contributed by atoms with Crippen LogP contribution in [0.5, 0.6) is 0 Å². The predicted molar refractivity (Wildman–Crippen MR) is 74.9 cm³/mol. The molecular formula is C12H12BrFN2OS. The van der Waals surface area contributed by atoms with Crippen molar-refractivity contribution in [3.8, 4) is 0 Å². The molecule has 0 spiro atoms. The molecule has 0 saturated carbocycles. The molecule has 1 fully saturated rings. The van der Waals surface area contributed by atoms with Crippen molar-refractivity contribution in [3.63, 3.8) is 0 Å². The zero-order valence-electron chi connectivity index (χ0n) is 9.53. The minimum absolute atomic E-state index is 0.0486. The minimum Gasteiger partial charge on any atom is -0.392 e. The number of benzene rings is 1. The third-order valence-corrected chi connectivity index (χ3v) is 3.77. The monoisotopic (exact) mass is 330 g/mol. The first kappa shape index (κ1) is 13.4. The Bertz CT molecular complexity index is 509. The molecule has 2 N–H and O–H groups in total. The second kappa shape index (κ2) is 5.32. The van der Waals surface area contributed by atoms with E-state index >= 15 is 0 Å². The number of nitrogens with zero attached hydrogens (tertiary/aromatic N) is 1. The normalized spacial score (nSPS) is 19.0. The van der Waals surface area contributed by atoms with Crippen LogP contribution in [-0.2, 0) is 0 Å². The molecule has 1 aliphatic rings. The number of halogens is 2. The molecule has 1 saturated heterocycles. The summed E-state index contributed by atoms with van der Waals surface area (Å²) in [6.07, 6.45) is 1.58. The topological polar surface area (TPSA) is 46.3 Å². The largest absolute Gasteiger partial charge is 0.392 e. The number of hydrogen-bond acceptors (Lipinski definition) is 2. The Balaban J connectivity index is 2.31. The Morgan fingerprint density at radius 3 is 2.94 bits per heavy atom. The molecule has 3 nitrogen and oxygen atoms in total. The molecule has 1 amide bonds. The fourth-order valence-electron chi connectivity index (χ4n) is 2.12. The summed E-state index contributed by atoms with van der Waals surface area (Å²) >= 11 is 8.17. The highest BCUT2D eigenvalue weighted by Gasteiger charge is 2.32. The zero-order valence-corrected chi connectivity index (χ0v) is 11.9. The Morgan fingerprint density at radius 1 is 1.56 bits per heavy atom. The average molecular weight is 331 g/mol. The lowest BCUT2D eigenvalue weighted by atomic mass is 10.1. The van der Waals surface area contributed by atoms with E-state index in [-0.39, 0.29) is 22.5 Å².